The zero-order chi connectivity index (χ0) is 6.69. The monoisotopic (exact) mass is 125 g/mol. The van der Waals surface area contributed by atoms with E-state index in [0.29, 0.717) is 6.29 Å². The molecule has 0 fully saturated rings. The second kappa shape index (κ2) is 2.17. The summed E-state index contributed by atoms with van der Waals surface area (Å²) in [6.45, 7) is 0. The Bertz CT molecular complexity index is 207. The molecule has 1 aromatic rings. The van der Waals surface area contributed by atoms with Crippen molar-refractivity contribution in [2.75, 3.05) is 0 Å². The average Bonchev–Trinajstić information content (AvgIpc) is 2.34. The summed E-state index contributed by atoms with van der Waals surface area (Å²) in [7, 11) is 0. The maximum atomic E-state index is 9.92. The van der Waals surface area contributed by atoms with Gasteiger partial charge in [-0.05, 0) is 0 Å². The summed E-state index contributed by atoms with van der Waals surface area (Å²) in [6.07, 6.45) is 2.94. The molecule has 0 aliphatic carbocycles. The van der Waals surface area contributed by atoms with Crippen molar-refractivity contribution < 1.29 is 4.79 Å². The van der Waals surface area contributed by atoms with Gasteiger partial charge >= 0.3 is 0 Å². The van der Waals surface area contributed by atoms with E-state index < -0.39 is 0 Å². The molecule has 0 radical (unpaired) electrons. The summed E-state index contributed by atoms with van der Waals surface area (Å²) in [5.74, 6) is 0. The van der Waals surface area contributed by atoms with Crippen LogP contribution in [0.15, 0.2) is 17.8 Å². The Morgan fingerprint density at radius 1 is 1.78 bits per heavy atom. The molecule has 1 aromatic heterocycles. The predicted molar refractivity (Wildman–Crippen MR) is 28.8 cm³/mol. The van der Waals surface area contributed by atoms with Gasteiger partial charge in [0.1, 0.15) is 12.0 Å². The van der Waals surface area contributed by atoms with Crippen LogP contribution in [0, 0.1) is 4.91 Å². The Morgan fingerprint density at radius 3 is 2.89 bits per heavy atom. The molecular weight excluding hydrogens is 122 g/mol. The van der Waals surface area contributed by atoms with Crippen LogP contribution in [-0.2, 0) is 0 Å². The molecule has 0 spiro atoms. The van der Waals surface area contributed by atoms with E-state index in [0.717, 1.165) is 11.0 Å². The zero-order valence-corrected chi connectivity index (χ0v) is 4.39. The standard InChI is InChI=1S/C4H3N3O2/c8-2-4-1-7(6-9)3-5-4/h1-3H. The highest BCUT2D eigenvalue weighted by atomic mass is 16.3. The first-order valence-corrected chi connectivity index (χ1v) is 2.19. The van der Waals surface area contributed by atoms with Crippen molar-refractivity contribution in [3.8, 4) is 0 Å². The summed E-state index contributed by atoms with van der Waals surface area (Å²) < 4.78 is 0.920. The third kappa shape index (κ3) is 0.987. The highest BCUT2D eigenvalue weighted by molar-refractivity contribution is 5.70. The quantitative estimate of drug-likeness (QED) is 0.419. The number of aldehydes is 1. The van der Waals surface area contributed by atoms with Crippen molar-refractivity contribution in [2.24, 2.45) is 5.29 Å². The zero-order valence-electron chi connectivity index (χ0n) is 4.39. The van der Waals surface area contributed by atoms with E-state index in [-0.39, 0.29) is 5.69 Å². The van der Waals surface area contributed by atoms with Crippen molar-refractivity contribution in [1.82, 2.24) is 9.66 Å². The number of imidazole rings is 1. The Balaban J connectivity index is 2.98. The van der Waals surface area contributed by atoms with Crippen molar-refractivity contribution in [2.45, 2.75) is 0 Å². The number of rotatable bonds is 2. The first-order valence-electron chi connectivity index (χ1n) is 2.19. The average molecular weight is 125 g/mol. The van der Waals surface area contributed by atoms with Crippen LogP contribution in [0.4, 0.5) is 0 Å². The maximum Gasteiger partial charge on any atom is 0.170 e. The number of carbonyl (C=O) groups is 1. The van der Waals surface area contributed by atoms with E-state index in [4.69, 9.17) is 0 Å². The van der Waals surface area contributed by atoms with Crippen LogP contribution in [-0.4, -0.2) is 15.9 Å². The molecule has 0 bridgehead atoms. The second-order valence-corrected chi connectivity index (χ2v) is 1.38. The fourth-order valence-corrected chi connectivity index (χ4v) is 0.434. The van der Waals surface area contributed by atoms with Crippen LogP contribution in [0.1, 0.15) is 10.5 Å². The number of hydrogen-bond acceptors (Lipinski definition) is 4. The molecule has 9 heavy (non-hydrogen) atoms. The first kappa shape index (κ1) is 5.61. The summed E-state index contributed by atoms with van der Waals surface area (Å²) >= 11 is 0. The molecule has 0 saturated carbocycles. The van der Waals surface area contributed by atoms with E-state index in [9.17, 15) is 9.70 Å². The predicted octanol–water partition coefficient (Wildman–Crippen LogP) is 0.225. The minimum Gasteiger partial charge on any atom is -0.296 e. The van der Waals surface area contributed by atoms with Gasteiger partial charge in [-0.1, -0.05) is 0 Å². The SMILES string of the molecule is O=Cc1cn(N=O)cn1. The van der Waals surface area contributed by atoms with E-state index in [2.05, 4.69) is 10.3 Å². The number of aromatic nitrogens is 2. The van der Waals surface area contributed by atoms with Crippen molar-refractivity contribution in [1.29, 1.82) is 0 Å². The fraction of sp³-hybridized carbons (Fsp3) is 0. The Kier molecular flexibility index (Phi) is 1.35. The van der Waals surface area contributed by atoms with E-state index in [1.54, 1.807) is 0 Å². The number of carbonyl (C=O) groups excluding carboxylic acids is 1. The van der Waals surface area contributed by atoms with Crippen LogP contribution in [0.2, 0.25) is 0 Å². The Labute approximate surface area is 50.3 Å². The lowest BCUT2D eigenvalue weighted by Gasteiger charge is -1.74. The van der Waals surface area contributed by atoms with Gasteiger partial charge in [-0.3, -0.25) is 4.79 Å². The highest BCUT2D eigenvalue weighted by Crippen LogP contribution is 1.89. The molecule has 5 heteroatoms. The van der Waals surface area contributed by atoms with Crippen LogP contribution < -0.4 is 0 Å². The molecular formula is C4H3N3O2. The lowest BCUT2D eigenvalue weighted by Crippen LogP contribution is -1.77. The van der Waals surface area contributed by atoms with Crippen LogP contribution >= 0.6 is 0 Å². The molecule has 1 heterocycles. The molecule has 0 amide bonds. The minimum atomic E-state index is 0.203. The number of hydrogen-bond donors (Lipinski definition) is 0. The molecule has 0 aliphatic heterocycles. The van der Waals surface area contributed by atoms with Gasteiger partial charge in [-0.25, -0.2) is 4.98 Å². The number of nitroso groups, excluding NO2 is 1. The Morgan fingerprint density at radius 2 is 2.56 bits per heavy atom. The van der Waals surface area contributed by atoms with Crippen molar-refractivity contribution in [3.63, 3.8) is 0 Å². The summed E-state index contributed by atoms with van der Waals surface area (Å²) in [5, 5.41) is 2.48. The molecule has 0 N–H and O–H groups in total. The molecule has 0 atom stereocenters. The lowest BCUT2D eigenvalue weighted by atomic mass is 10.6. The highest BCUT2D eigenvalue weighted by Gasteiger charge is 1.92. The smallest absolute Gasteiger partial charge is 0.170 e. The fourth-order valence-electron chi connectivity index (χ4n) is 0.434. The molecule has 46 valence electrons. The topological polar surface area (TPSA) is 64.3 Å². The minimum absolute atomic E-state index is 0.203. The molecule has 1 rings (SSSR count). The Hall–Kier alpha value is -1.52. The van der Waals surface area contributed by atoms with Gasteiger partial charge < -0.3 is 0 Å². The van der Waals surface area contributed by atoms with Gasteiger partial charge in [-0.2, -0.15) is 4.68 Å². The molecule has 0 saturated heterocycles. The van der Waals surface area contributed by atoms with Crippen LogP contribution in [0.3, 0.4) is 0 Å². The second-order valence-electron chi connectivity index (χ2n) is 1.38. The largest absolute Gasteiger partial charge is 0.296 e. The van der Waals surface area contributed by atoms with Gasteiger partial charge in [0.2, 0.25) is 0 Å². The summed E-state index contributed by atoms with van der Waals surface area (Å²) in [6, 6.07) is 0. The van der Waals surface area contributed by atoms with E-state index >= 15 is 0 Å². The third-order valence-electron chi connectivity index (χ3n) is 0.805. The van der Waals surface area contributed by atoms with E-state index in [1.165, 1.54) is 6.20 Å². The van der Waals surface area contributed by atoms with Crippen molar-refractivity contribution >= 4 is 6.29 Å². The van der Waals surface area contributed by atoms with Crippen LogP contribution in [0.25, 0.3) is 0 Å². The first-order chi connectivity index (χ1) is 4.36. The summed E-state index contributed by atoms with van der Waals surface area (Å²) in [5.41, 5.74) is 0.203. The molecule has 0 aromatic carbocycles. The van der Waals surface area contributed by atoms with Gasteiger partial charge in [0.15, 0.2) is 6.29 Å². The summed E-state index contributed by atoms with van der Waals surface area (Å²) in [4.78, 5) is 23.1. The normalized spacial score (nSPS) is 8.89. The third-order valence-corrected chi connectivity index (χ3v) is 0.805. The maximum absolute atomic E-state index is 9.92. The van der Waals surface area contributed by atoms with Crippen molar-refractivity contribution in [3.05, 3.63) is 23.1 Å². The molecule has 0 aliphatic rings. The van der Waals surface area contributed by atoms with Gasteiger partial charge in [-0.15, -0.1) is 4.91 Å². The lowest BCUT2D eigenvalue weighted by molar-refractivity contribution is 0.111. The molecule has 0 unspecified atom stereocenters. The van der Waals surface area contributed by atoms with E-state index in [1.807, 2.05) is 0 Å². The van der Waals surface area contributed by atoms with Gasteiger partial charge in [0, 0.05) is 0 Å². The molecule has 5 nitrogen and oxygen atoms in total. The van der Waals surface area contributed by atoms with Gasteiger partial charge in [0.25, 0.3) is 0 Å². The van der Waals surface area contributed by atoms with Gasteiger partial charge in [0.05, 0.1) is 11.5 Å². The van der Waals surface area contributed by atoms with Crippen LogP contribution in [0.5, 0.6) is 0 Å². The number of nitrogens with zero attached hydrogens (tertiary/aromatic N) is 3.